The molecule has 0 bridgehead atoms. The molecule has 0 spiro atoms. The largest absolute Gasteiger partial charge is 0.358 e. The van der Waals surface area contributed by atoms with Crippen LogP contribution in [0, 0.1) is 11.3 Å². The van der Waals surface area contributed by atoms with Gasteiger partial charge in [-0.1, -0.05) is 83.9 Å². The van der Waals surface area contributed by atoms with Crippen molar-refractivity contribution in [2.45, 2.75) is 30.7 Å². The monoisotopic (exact) mass is 476 g/mol. The normalized spacial score (nSPS) is 21.3. The van der Waals surface area contributed by atoms with Crippen LogP contribution in [0.3, 0.4) is 0 Å². The fourth-order valence-corrected chi connectivity index (χ4v) is 4.55. The molecule has 4 rings (SSSR count). The van der Waals surface area contributed by atoms with E-state index in [0.717, 1.165) is 16.7 Å². The molecule has 3 aromatic carbocycles. The topological polar surface area (TPSA) is 53.3 Å². The number of hydrogen-bond donors (Lipinski definition) is 0. The van der Waals surface area contributed by atoms with Gasteiger partial charge in [-0.15, -0.1) is 6.58 Å². The number of nitrogens with zero attached hydrogens (tertiary/aromatic N) is 2. The molecule has 0 saturated carbocycles. The molecule has 0 radical (unpaired) electrons. The lowest BCUT2D eigenvalue weighted by atomic mass is 9.89. The smallest absolute Gasteiger partial charge is 0.254 e. The molecular formula is C27H22Cl2N2O2. The van der Waals surface area contributed by atoms with E-state index in [1.165, 1.54) is 0 Å². The molecule has 0 aliphatic carbocycles. The van der Waals surface area contributed by atoms with E-state index in [2.05, 4.69) is 12.6 Å². The van der Waals surface area contributed by atoms with Crippen molar-refractivity contribution in [1.29, 1.82) is 5.26 Å². The number of hydrogen-bond acceptors (Lipinski definition) is 3. The molecule has 1 fully saturated rings. The van der Waals surface area contributed by atoms with Gasteiger partial charge in [0, 0.05) is 16.5 Å². The number of benzene rings is 3. The van der Waals surface area contributed by atoms with Crippen LogP contribution in [0.25, 0.3) is 0 Å². The van der Waals surface area contributed by atoms with Gasteiger partial charge in [0.05, 0.1) is 12.1 Å². The molecule has 1 heterocycles. The standard InChI is InChI=1S/C27H22Cl2N2O2/c1-2-7-24-27(32)31(23(17-30)18-8-4-3-5-9-18)25(19-12-14-21(28)15-13-19)26(33-24)20-10-6-11-22(29)16-20/h2-6,8-16,23-26H,1,7H2. The molecule has 1 saturated heterocycles. The summed E-state index contributed by atoms with van der Waals surface area (Å²) >= 11 is 12.5. The molecule has 4 nitrogen and oxygen atoms in total. The summed E-state index contributed by atoms with van der Waals surface area (Å²) in [5.74, 6) is -0.261. The first-order valence-electron chi connectivity index (χ1n) is 10.6. The summed E-state index contributed by atoms with van der Waals surface area (Å²) in [4.78, 5) is 15.4. The first-order chi connectivity index (χ1) is 16.0. The minimum atomic E-state index is -0.808. The molecule has 1 amide bonds. The zero-order valence-electron chi connectivity index (χ0n) is 17.8. The van der Waals surface area contributed by atoms with E-state index in [9.17, 15) is 10.1 Å². The van der Waals surface area contributed by atoms with Crippen molar-refractivity contribution in [2.24, 2.45) is 0 Å². The molecule has 4 unspecified atom stereocenters. The Morgan fingerprint density at radius 2 is 1.73 bits per heavy atom. The highest BCUT2D eigenvalue weighted by Crippen LogP contribution is 2.46. The summed E-state index contributed by atoms with van der Waals surface area (Å²) < 4.78 is 6.37. The first-order valence-corrected chi connectivity index (χ1v) is 11.3. The van der Waals surface area contributed by atoms with Crippen LogP contribution in [0.1, 0.15) is 41.3 Å². The zero-order valence-corrected chi connectivity index (χ0v) is 19.3. The SMILES string of the molecule is C=CCC1OC(c2cccc(Cl)c2)C(c2ccc(Cl)cc2)N(C(C#N)c2ccccc2)C1=O. The van der Waals surface area contributed by atoms with Crippen molar-refractivity contribution in [2.75, 3.05) is 0 Å². The van der Waals surface area contributed by atoms with Crippen LogP contribution < -0.4 is 0 Å². The Morgan fingerprint density at radius 3 is 2.36 bits per heavy atom. The van der Waals surface area contributed by atoms with Crippen LogP contribution in [-0.4, -0.2) is 16.9 Å². The number of nitriles is 1. The van der Waals surface area contributed by atoms with E-state index in [0.29, 0.717) is 16.5 Å². The molecule has 4 atom stereocenters. The number of morpholine rings is 1. The summed E-state index contributed by atoms with van der Waals surface area (Å²) in [7, 11) is 0. The zero-order chi connectivity index (χ0) is 23.4. The Labute approximate surface area is 203 Å². The Kier molecular flexibility index (Phi) is 7.15. The van der Waals surface area contributed by atoms with Crippen molar-refractivity contribution in [3.8, 4) is 6.07 Å². The quantitative estimate of drug-likeness (QED) is 0.365. The second-order valence-corrected chi connectivity index (χ2v) is 8.68. The van der Waals surface area contributed by atoms with E-state index >= 15 is 0 Å². The van der Waals surface area contributed by atoms with Gasteiger partial charge in [-0.3, -0.25) is 4.79 Å². The molecule has 6 heteroatoms. The Morgan fingerprint density at radius 1 is 1.00 bits per heavy atom. The second kappa shape index (κ2) is 10.2. The summed E-state index contributed by atoms with van der Waals surface area (Å²) in [6.45, 7) is 3.78. The maximum atomic E-state index is 13.7. The predicted molar refractivity (Wildman–Crippen MR) is 130 cm³/mol. The number of carbonyl (C=O) groups is 1. The number of amides is 1. The highest BCUT2D eigenvalue weighted by molar-refractivity contribution is 6.30. The average Bonchev–Trinajstić information content (AvgIpc) is 2.83. The third kappa shape index (κ3) is 4.82. The first kappa shape index (κ1) is 23.1. The van der Waals surface area contributed by atoms with E-state index in [-0.39, 0.29) is 5.91 Å². The lowest BCUT2D eigenvalue weighted by Crippen LogP contribution is -2.51. The number of halogens is 2. The molecule has 33 heavy (non-hydrogen) atoms. The number of rotatable bonds is 6. The predicted octanol–water partition coefficient (Wildman–Crippen LogP) is 6.84. The highest BCUT2D eigenvalue weighted by atomic mass is 35.5. The Hall–Kier alpha value is -3.10. The van der Waals surface area contributed by atoms with Crippen LogP contribution >= 0.6 is 23.2 Å². The van der Waals surface area contributed by atoms with Gasteiger partial charge in [0.2, 0.25) is 0 Å². The molecule has 0 N–H and O–H groups in total. The van der Waals surface area contributed by atoms with Gasteiger partial charge in [0.15, 0.2) is 0 Å². The molecule has 1 aliphatic heterocycles. The van der Waals surface area contributed by atoms with E-state index < -0.39 is 24.3 Å². The fraction of sp³-hybridized carbons (Fsp3) is 0.185. The van der Waals surface area contributed by atoms with Crippen molar-refractivity contribution >= 4 is 29.1 Å². The van der Waals surface area contributed by atoms with Gasteiger partial charge >= 0.3 is 0 Å². The lowest BCUT2D eigenvalue weighted by Gasteiger charge is -2.46. The minimum Gasteiger partial charge on any atom is -0.358 e. The number of carbonyl (C=O) groups excluding carboxylic acids is 1. The molecule has 3 aromatic rings. The average molecular weight is 477 g/mol. The maximum Gasteiger partial charge on any atom is 0.254 e. The summed E-state index contributed by atoms with van der Waals surface area (Å²) in [6.07, 6.45) is 0.663. The summed E-state index contributed by atoms with van der Waals surface area (Å²) in [6, 6.07) is 24.9. The van der Waals surface area contributed by atoms with Crippen LogP contribution in [0.2, 0.25) is 10.0 Å². The van der Waals surface area contributed by atoms with Crippen molar-refractivity contribution in [3.63, 3.8) is 0 Å². The molecular weight excluding hydrogens is 455 g/mol. The van der Waals surface area contributed by atoms with Crippen LogP contribution in [0.5, 0.6) is 0 Å². The number of ether oxygens (including phenoxy) is 1. The maximum absolute atomic E-state index is 13.7. The molecule has 1 aliphatic rings. The van der Waals surface area contributed by atoms with E-state index in [1.54, 1.807) is 29.2 Å². The Bertz CT molecular complexity index is 1170. The van der Waals surface area contributed by atoms with Crippen LogP contribution in [-0.2, 0) is 9.53 Å². The van der Waals surface area contributed by atoms with Gasteiger partial charge in [0.25, 0.3) is 5.91 Å². The summed E-state index contributed by atoms with van der Waals surface area (Å²) in [5.41, 5.74) is 2.36. The van der Waals surface area contributed by atoms with E-state index in [1.807, 2.05) is 60.7 Å². The minimum absolute atomic E-state index is 0.261. The molecule has 0 aromatic heterocycles. The third-order valence-corrected chi connectivity index (χ3v) is 6.20. The third-order valence-electron chi connectivity index (χ3n) is 5.71. The molecule has 166 valence electrons. The summed E-state index contributed by atoms with van der Waals surface area (Å²) in [5, 5.41) is 11.4. The highest BCUT2D eigenvalue weighted by Gasteiger charge is 2.47. The van der Waals surface area contributed by atoms with Gasteiger partial charge in [-0.25, -0.2) is 0 Å². The van der Waals surface area contributed by atoms with Gasteiger partial charge < -0.3 is 9.64 Å². The van der Waals surface area contributed by atoms with E-state index in [4.69, 9.17) is 27.9 Å². The van der Waals surface area contributed by atoms with Gasteiger partial charge in [0.1, 0.15) is 18.2 Å². The van der Waals surface area contributed by atoms with Crippen molar-refractivity contribution < 1.29 is 9.53 Å². The lowest BCUT2D eigenvalue weighted by molar-refractivity contribution is -0.177. The van der Waals surface area contributed by atoms with Gasteiger partial charge in [-0.2, -0.15) is 5.26 Å². The van der Waals surface area contributed by atoms with Crippen LogP contribution in [0.4, 0.5) is 0 Å². The Balaban J connectivity index is 1.91. The van der Waals surface area contributed by atoms with Crippen LogP contribution in [0.15, 0.2) is 91.5 Å². The fourth-order valence-electron chi connectivity index (χ4n) is 4.23. The van der Waals surface area contributed by atoms with Gasteiger partial charge in [-0.05, 0) is 41.0 Å². The second-order valence-electron chi connectivity index (χ2n) is 7.81. The van der Waals surface area contributed by atoms with Crippen molar-refractivity contribution in [1.82, 2.24) is 4.90 Å². The van der Waals surface area contributed by atoms with Crippen molar-refractivity contribution in [3.05, 3.63) is 118 Å².